The van der Waals surface area contributed by atoms with Gasteiger partial charge in [-0.1, -0.05) is 36.4 Å². The van der Waals surface area contributed by atoms with Gasteiger partial charge < -0.3 is 24.1 Å². The van der Waals surface area contributed by atoms with Crippen LogP contribution in [0.2, 0.25) is 0 Å². The van der Waals surface area contributed by atoms with Gasteiger partial charge in [0.25, 0.3) is 0 Å². The predicted molar refractivity (Wildman–Crippen MR) is 137 cm³/mol. The molecule has 6 nitrogen and oxygen atoms in total. The summed E-state index contributed by atoms with van der Waals surface area (Å²) in [6.45, 7) is 4.46. The van der Waals surface area contributed by atoms with E-state index < -0.39 is 0 Å². The highest BCUT2D eigenvalue weighted by Gasteiger charge is 2.18. The molecule has 1 N–H and O–H groups in total. The zero-order valence-electron chi connectivity index (χ0n) is 20.8. The van der Waals surface area contributed by atoms with Crippen LogP contribution >= 0.6 is 0 Å². The highest BCUT2D eigenvalue weighted by atomic mass is 16.5. The van der Waals surface area contributed by atoms with Gasteiger partial charge in [-0.15, -0.1) is 0 Å². The van der Waals surface area contributed by atoms with Crippen LogP contribution in [-0.4, -0.2) is 44.1 Å². The van der Waals surface area contributed by atoms with Gasteiger partial charge in [0, 0.05) is 25.5 Å². The van der Waals surface area contributed by atoms with E-state index in [2.05, 4.69) is 0 Å². The number of aldehydes is 1. The number of methoxy groups -OCH3 is 1. The number of aryl methyl sites for hydroxylation is 2. The van der Waals surface area contributed by atoms with E-state index in [1.807, 2.05) is 50.2 Å². The second kappa shape index (κ2) is 14.6. The summed E-state index contributed by atoms with van der Waals surface area (Å²) in [6.07, 6.45) is 2.69. The van der Waals surface area contributed by atoms with E-state index in [-0.39, 0.29) is 11.9 Å². The molecule has 0 saturated carbocycles. The molecule has 0 bridgehead atoms. The molecule has 1 unspecified atom stereocenters. The molecule has 0 amide bonds. The van der Waals surface area contributed by atoms with E-state index in [0.29, 0.717) is 42.1 Å². The Morgan fingerprint density at radius 2 is 1.71 bits per heavy atom. The minimum absolute atomic E-state index is 0.113. The maximum absolute atomic E-state index is 13.1. The fourth-order valence-electron chi connectivity index (χ4n) is 3.53. The van der Waals surface area contributed by atoms with Crippen molar-refractivity contribution in [1.82, 2.24) is 0 Å². The van der Waals surface area contributed by atoms with E-state index >= 15 is 0 Å². The zero-order valence-corrected chi connectivity index (χ0v) is 20.8. The second-order valence-corrected chi connectivity index (χ2v) is 7.92. The van der Waals surface area contributed by atoms with Crippen molar-refractivity contribution in [3.8, 4) is 17.2 Å². The number of ketones is 1. The van der Waals surface area contributed by atoms with Crippen molar-refractivity contribution < 1.29 is 28.9 Å². The van der Waals surface area contributed by atoms with Crippen molar-refractivity contribution in [3.05, 3.63) is 89.0 Å². The third kappa shape index (κ3) is 8.26. The fourth-order valence-corrected chi connectivity index (χ4v) is 3.53. The van der Waals surface area contributed by atoms with Crippen molar-refractivity contribution in [2.75, 3.05) is 20.8 Å². The molecule has 0 aliphatic heterocycles. The Balaban J connectivity index is 0.00000210. The van der Waals surface area contributed by atoms with E-state index in [0.717, 1.165) is 36.7 Å². The van der Waals surface area contributed by atoms with Crippen LogP contribution in [0.15, 0.2) is 66.7 Å². The van der Waals surface area contributed by atoms with Crippen molar-refractivity contribution >= 4 is 12.1 Å². The summed E-state index contributed by atoms with van der Waals surface area (Å²) < 4.78 is 17.3. The van der Waals surface area contributed by atoms with Crippen molar-refractivity contribution in [2.24, 2.45) is 0 Å². The number of carbonyl (C=O) groups excluding carboxylic acids is 2. The standard InChI is InChI=1S/C28H30O5.CH4O/c1-20-18-25(12-11-22(20)10-7-16-29)32-17-15-21(2)33-27-14-13-24(31-3)19-26(27)28(30)23-8-5-4-6-9-23;1-2/h4-6,8-9,11-14,16,18-19,21H,7,10,15,17H2,1-3H3;2H,1H3. The number of benzene rings is 3. The molecule has 6 heteroatoms. The zero-order chi connectivity index (χ0) is 25.6. The maximum Gasteiger partial charge on any atom is 0.196 e. The SMILES string of the molecule is CO.COc1ccc(OC(C)CCOc2ccc(CCC=O)c(C)c2)c(C(=O)c2ccccc2)c1. The van der Waals surface area contributed by atoms with E-state index in [1.54, 1.807) is 37.4 Å². The molecule has 35 heavy (non-hydrogen) atoms. The lowest BCUT2D eigenvalue weighted by Gasteiger charge is -2.18. The lowest BCUT2D eigenvalue weighted by atomic mass is 10.0. The Labute approximate surface area is 207 Å². The first-order valence-corrected chi connectivity index (χ1v) is 11.6. The second-order valence-electron chi connectivity index (χ2n) is 7.92. The van der Waals surface area contributed by atoms with Crippen LogP contribution in [-0.2, 0) is 11.2 Å². The molecule has 1 atom stereocenters. The molecule has 0 spiro atoms. The van der Waals surface area contributed by atoms with Gasteiger partial charge in [0.15, 0.2) is 5.78 Å². The first-order chi connectivity index (χ1) is 17.0. The molecule has 0 radical (unpaired) electrons. The Bertz CT molecular complexity index is 1080. The predicted octanol–water partition coefficient (Wildman–Crippen LogP) is 5.21. The Morgan fingerprint density at radius 1 is 1.00 bits per heavy atom. The molecule has 0 aliphatic rings. The average Bonchev–Trinajstić information content (AvgIpc) is 2.89. The van der Waals surface area contributed by atoms with E-state index in [9.17, 15) is 9.59 Å². The number of ether oxygens (including phenoxy) is 3. The quantitative estimate of drug-likeness (QED) is 0.284. The summed E-state index contributed by atoms with van der Waals surface area (Å²) in [6, 6.07) is 20.3. The first kappa shape index (κ1) is 27.6. The van der Waals surface area contributed by atoms with Crippen LogP contribution in [0.1, 0.15) is 46.8 Å². The molecule has 0 heterocycles. The molecule has 186 valence electrons. The molecular formula is C29H34O6. The number of carbonyl (C=O) groups is 2. The average molecular weight is 479 g/mol. The third-order valence-electron chi connectivity index (χ3n) is 5.43. The van der Waals surface area contributed by atoms with Gasteiger partial charge in [-0.05, 0) is 61.7 Å². The van der Waals surface area contributed by atoms with Gasteiger partial charge in [0.2, 0.25) is 0 Å². The molecule has 3 aromatic carbocycles. The smallest absolute Gasteiger partial charge is 0.196 e. The van der Waals surface area contributed by atoms with Gasteiger partial charge in [-0.25, -0.2) is 0 Å². The minimum atomic E-state index is -0.159. The minimum Gasteiger partial charge on any atom is -0.497 e. The summed E-state index contributed by atoms with van der Waals surface area (Å²) in [5.74, 6) is 1.80. The normalized spacial score (nSPS) is 11.0. The Hall–Kier alpha value is -3.64. The monoisotopic (exact) mass is 478 g/mol. The fraction of sp³-hybridized carbons (Fsp3) is 0.310. The Morgan fingerprint density at radius 3 is 2.37 bits per heavy atom. The van der Waals surface area contributed by atoms with Gasteiger partial charge in [0.1, 0.15) is 23.5 Å². The molecule has 0 saturated heterocycles. The van der Waals surface area contributed by atoms with Crippen LogP contribution in [0.5, 0.6) is 17.2 Å². The van der Waals surface area contributed by atoms with Crippen LogP contribution in [0.4, 0.5) is 0 Å². The molecule has 0 aliphatic carbocycles. The number of hydrogen-bond donors (Lipinski definition) is 1. The summed E-state index contributed by atoms with van der Waals surface area (Å²) in [7, 11) is 2.57. The van der Waals surface area contributed by atoms with Crippen molar-refractivity contribution in [3.63, 3.8) is 0 Å². The molecule has 0 fully saturated rings. The van der Waals surface area contributed by atoms with Gasteiger partial charge in [0.05, 0.1) is 25.4 Å². The van der Waals surface area contributed by atoms with Gasteiger partial charge >= 0.3 is 0 Å². The lowest BCUT2D eigenvalue weighted by molar-refractivity contribution is -0.107. The topological polar surface area (TPSA) is 82.1 Å². The summed E-state index contributed by atoms with van der Waals surface area (Å²) in [5, 5.41) is 7.00. The lowest BCUT2D eigenvalue weighted by Crippen LogP contribution is -2.17. The number of aliphatic hydroxyl groups excluding tert-OH is 1. The van der Waals surface area contributed by atoms with Gasteiger partial charge in [-0.2, -0.15) is 0 Å². The maximum atomic E-state index is 13.1. The molecule has 3 rings (SSSR count). The summed E-state index contributed by atoms with van der Waals surface area (Å²) in [4.78, 5) is 23.7. The van der Waals surface area contributed by atoms with Crippen molar-refractivity contribution in [1.29, 1.82) is 0 Å². The van der Waals surface area contributed by atoms with Gasteiger partial charge in [-0.3, -0.25) is 4.79 Å². The number of rotatable bonds is 12. The highest BCUT2D eigenvalue weighted by Crippen LogP contribution is 2.28. The summed E-state index contributed by atoms with van der Waals surface area (Å²) >= 11 is 0. The van der Waals surface area contributed by atoms with Crippen LogP contribution in [0.25, 0.3) is 0 Å². The van der Waals surface area contributed by atoms with E-state index in [4.69, 9.17) is 19.3 Å². The van der Waals surface area contributed by atoms with E-state index in [1.165, 1.54) is 0 Å². The van der Waals surface area contributed by atoms with Crippen LogP contribution in [0.3, 0.4) is 0 Å². The molecule has 3 aromatic rings. The Kier molecular flexibility index (Phi) is 11.5. The van der Waals surface area contributed by atoms with Crippen LogP contribution in [0, 0.1) is 6.92 Å². The largest absolute Gasteiger partial charge is 0.497 e. The third-order valence-corrected chi connectivity index (χ3v) is 5.43. The number of aliphatic hydroxyl groups is 1. The molecular weight excluding hydrogens is 444 g/mol. The number of hydrogen-bond acceptors (Lipinski definition) is 6. The molecule has 0 aromatic heterocycles. The first-order valence-electron chi connectivity index (χ1n) is 11.6. The van der Waals surface area contributed by atoms with Crippen molar-refractivity contribution in [2.45, 2.75) is 39.2 Å². The highest BCUT2D eigenvalue weighted by molar-refractivity contribution is 6.10. The van der Waals surface area contributed by atoms with Crippen LogP contribution < -0.4 is 14.2 Å². The summed E-state index contributed by atoms with van der Waals surface area (Å²) in [5.41, 5.74) is 3.33.